The Kier molecular flexibility index (Phi) is 7.91. The summed E-state index contributed by atoms with van der Waals surface area (Å²) < 4.78 is 67.1. The number of nitrogens with two attached hydrogens (primary N) is 1. The summed E-state index contributed by atoms with van der Waals surface area (Å²) in [5.74, 6) is -1.74. The van der Waals surface area contributed by atoms with E-state index in [1.807, 2.05) is 0 Å². The van der Waals surface area contributed by atoms with Crippen molar-refractivity contribution in [2.75, 3.05) is 26.2 Å². The third-order valence-electron chi connectivity index (χ3n) is 6.89. The van der Waals surface area contributed by atoms with Gasteiger partial charge in [-0.15, -0.1) is 0 Å². The molecule has 200 valence electrons. The Balaban J connectivity index is 1.46. The van der Waals surface area contributed by atoms with Gasteiger partial charge in [-0.2, -0.15) is 4.31 Å². The van der Waals surface area contributed by atoms with E-state index in [0.29, 0.717) is 39.0 Å². The number of halogens is 3. The summed E-state index contributed by atoms with van der Waals surface area (Å²) in [5, 5.41) is 2.67. The first-order valence-corrected chi connectivity index (χ1v) is 13.5. The van der Waals surface area contributed by atoms with Crippen LogP contribution in [0.2, 0.25) is 0 Å². The first-order chi connectivity index (χ1) is 17.5. The van der Waals surface area contributed by atoms with Crippen molar-refractivity contribution in [1.82, 2.24) is 14.5 Å². The van der Waals surface area contributed by atoms with E-state index in [2.05, 4.69) is 5.32 Å². The highest BCUT2D eigenvalue weighted by Gasteiger charge is 2.38. The second-order valence-corrected chi connectivity index (χ2v) is 11.4. The van der Waals surface area contributed by atoms with Crippen LogP contribution in [-0.4, -0.2) is 61.7 Å². The van der Waals surface area contributed by atoms with Crippen molar-refractivity contribution in [2.24, 2.45) is 11.7 Å². The summed E-state index contributed by atoms with van der Waals surface area (Å²) in [6, 6.07) is 7.11. The zero-order valence-corrected chi connectivity index (χ0v) is 21.1. The molecule has 4 rings (SSSR count). The van der Waals surface area contributed by atoms with Crippen LogP contribution in [0.15, 0.2) is 47.4 Å². The average Bonchev–Trinajstić information content (AvgIpc) is 3.33. The topological polar surface area (TPSA) is 113 Å². The molecule has 2 aliphatic rings. The van der Waals surface area contributed by atoms with Gasteiger partial charge in [0.15, 0.2) is 0 Å². The van der Waals surface area contributed by atoms with Crippen molar-refractivity contribution in [1.29, 1.82) is 0 Å². The number of nitrogens with one attached hydrogen (secondary N) is 1. The number of sulfonamides is 1. The zero-order chi connectivity index (χ0) is 26.9. The fraction of sp³-hybridized carbons (Fsp3) is 0.440. The number of amides is 2. The molecule has 8 nitrogen and oxygen atoms in total. The monoisotopic (exact) mass is 538 g/mol. The smallest absolute Gasteiger partial charge is 0.263 e. The second kappa shape index (κ2) is 10.8. The van der Waals surface area contributed by atoms with E-state index >= 15 is 0 Å². The lowest BCUT2D eigenvalue weighted by Gasteiger charge is -2.37. The number of alkyl halides is 2. The molecule has 3 N–H and O–H groups in total. The van der Waals surface area contributed by atoms with Gasteiger partial charge in [-0.05, 0) is 56.5 Å². The fourth-order valence-corrected chi connectivity index (χ4v) is 6.31. The van der Waals surface area contributed by atoms with Crippen molar-refractivity contribution in [3.63, 3.8) is 0 Å². The van der Waals surface area contributed by atoms with Crippen LogP contribution in [-0.2, 0) is 14.8 Å². The lowest BCUT2D eigenvalue weighted by atomic mass is 10.0. The number of nitrogens with zero attached hydrogens (tertiary/aromatic N) is 2. The molecular formula is C25H29F3N4O4S. The van der Waals surface area contributed by atoms with E-state index in [4.69, 9.17) is 5.73 Å². The largest absolute Gasteiger partial charge is 0.348 e. The van der Waals surface area contributed by atoms with E-state index in [1.165, 1.54) is 46.5 Å². The van der Waals surface area contributed by atoms with Gasteiger partial charge in [0.25, 0.3) is 12.3 Å². The highest BCUT2D eigenvalue weighted by atomic mass is 32.2. The standard InChI is InChI=1S/C25H29F3N4O4S/c1-15(20-8-7-17(23(27)28)11-21(20)26)30-24(33)22-6-3-9-32(22)25(34)18-4-2-5-19(10-18)37(35,36)31-13-16(12-29)14-31/h2,4-5,7-8,10-11,15-16,22-23H,3,6,9,12-14,29H2,1H3,(H,30,33)/t15-,22-/m1/s1. The average molecular weight is 539 g/mol. The molecule has 2 amide bonds. The van der Waals surface area contributed by atoms with Crippen LogP contribution in [0.5, 0.6) is 0 Å². The van der Waals surface area contributed by atoms with E-state index in [0.717, 1.165) is 12.1 Å². The molecule has 0 saturated carbocycles. The SMILES string of the molecule is C[C@@H](NC(=O)[C@H]1CCCN1C(=O)c1cccc(S(=O)(=O)N2CC(CN)C2)c1)c1ccc(C(F)F)cc1F. The highest BCUT2D eigenvalue weighted by Crippen LogP contribution is 2.28. The van der Waals surface area contributed by atoms with Gasteiger partial charge in [-0.3, -0.25) is 9.59 Å². The van der Waals surface area contributed by atoms with E-state index < -0.39 is 51.7 Å². The molecule has 2 aliphatic heterocycles. The molecule has 37 heavy (non-hydrogen) atoms. The van der Waals surface area contributed by atoms with Crippen LogP contribution in [0.4, 0.5) is 13.2 Å². The number of hydrogen-bond donors (Lipinski definition) is 2. The quantitative estimate of drug-likeness (QED) is 0.537. The lowest BCUT2D eigenvalue weighted by Crippen LogP contribution is -2.52. The van der Waals surface area contributed by atoms with Crippen LogP contribution < -0.4 is 11.1 Å². The minimum Gasteiger partial charge on any atom is -0.348 e. The molecule has 12 heteroatoms. The normalized spacial score (nSPS) is 19.6. The third-order valence-corrected chi connectivity index (χ3v) is 8.72. The molecule has 0 radical (unpaired) electrons. The molecule has 2 aromatic carbocycles. The molecular weight excluding hydrogens is 509 g/mol. The van der Waals surface area contributed by atoms with Crippen LogP contribution >= 0.6 is 0 Å². The van der Waals surface area contributed by atoms with Gasteiger partial charge in [-0.25, -0.2) is 21.6 Å². The van der Waals surface area contributed by atoms with Crippen molar-refractivity contribution < 1.29 is 31.2 Å². The molecule has 2 fully saturated rings. The number of rotatable bonds is 8. The summed E-state index contributed by atoms with van der Waals surface area (Å²) in [6.45, 7) is 2.88. The molecule has 0 aliphatic carbocycles. The first-order valence-electron chi connectivity index (χ1n) is 12.0. The van der Waals surface area contributed by atoms with Gasteiger partial charge in [0, 0.05) is 36.3 Å². The zero-order valence-electron chi connectivity index (χ0n) is 20.2. The van der Waals surface area contributed by atoms with Gasteiger partial charge in [0.05, 0.1) is 10.9 Å². The predicted octanol–water partition coefficient (Wildman–Crippen LogP) is 2.82. The highest BCUT2D eigenvalue weighted by molar-refractivity contribution is 7.89. The Morgan fingerprint density at radius 2 is 1.89 bits per heavy atom. The summed E-state index contributed by atoms with van der Waals surface area (Å²) in [7, 11) is -3.77. The fourth-order valence-electron chi connectivity index (χ4n) is 4.67. The Morgan fingerprint density at radius 3 is 2.54 bits per heavy atom. The van der Waals surface area contributed by atoms with Crippen LogP contribution in [0.3, 0.4) is 0 Å². The molecule has 0 aromatic heterocycles. The van der Waals surface area contributed by atoms with Crippen LogP contribution in [0, 0.1) is 11.7 Å². The molecule has 2 heterocycles. The van der Waals surface area contributed by atoms with E-state index in [9.17, 15) is 31.2 Å². The molecule has 0 spiro atoms. The Hall–Kier alpha value is -2.96. The third kappa shape index (κ3) is 5.51. The Bertz CT molecular complexity index is 1280. The number of likely N-dealkylation sites (tertiary alicyclic amines) is 1. The summed E-state index contributed by atoms with van der Waals surface area (Å²) in [6.07, 6.45) is -1.88. The van der Waals surface area contributed by atoms with Gasteiger partial charge in [0.2, 0.25) is 15.9 Å². The predicted molar refractivity (Wildman–Crippen MR) is 130 cm³/mol. The van der Waals surface area contributed by atoms with Crippen molar-refractivity contribution in [3.05, 3.63) is 65.0 Å². The van der Waals surface area contributed by atoms with Gasteiger partial charge in [0.1, 0.15) is 11.9 Å². The van der Waals surface area contributed by atoms with Crippen molar-refractivity contribution in [2.45, 2.75) is 43.2 Å². The van der Waals surface area contributed by atoms with Gasteiger partial charge in [-0.1, -0.05) is 18.2 Å². The number of carbonyl (C=O) groups is 2. The summed E-state index contributed by atoms with van der Waals surface area (Å²) in [5.41, 5.74) is 5.32. The molecule has 2 aromatic rings. The Labute approximate surface area is 213 Å². The first kappa shape index (κ1) is 27.1. The van der Waals surface area contributed by atoms with Crippen LogP contribution in [0.1, 0.15) is 53.7 Å². The number of hydrogen-bond acceptors (Lipinski definition) is 5. The van der Waals surface area contributed by atoms with Gasteiger partial charge < -0.3 is 16.0 Å². The number of benzene rings is 2. The minimum absolute atomic E-state index is 0.00892. The molecule has 2 saturated heterocycles. The lowest BCUT2D eigenvalue weighted by molar-refractivity contribution is -0.125. The maximum atomic E-state index is 14.4. The maximum Gasteiger partial charge on any atom is 0.263 e. The van der Waals surface area contributed by atoms with Crippen LogP contribution in [0.25, 0.3) is 0 Å². The van der Waals surface area contributed by atoms with E-state index in [-0.39, 0.29) is 21.9 Å². The molecule has 2 atom stereocenters. The van der Waals surface area contributed by atoms with Gasteiger partial charge >= 0.3 is 0 Å². The maximum absolute atomic E-state index is 14.4. The Morgan fingerprint density at radius 1 is 1.16 bits per heavy atom. The number of carbonyl (C=O) groups excluding carboxylic acids is 2. The summed E-state index contributed by atoms with van der Waals surface area (Å²) in [4.78, 5) is 27.7. The van der Waals surface area contributed by atoms with Crippen molar-refractivity contribution in [3.8, 4) is 0 Å². The van der Waals surface area contributed by atoms with E-state index in [1.54, 1.807) is 0 Å². The van der Waals surface area contributed by atoms with Crippen molar-refractivity contribution >= 4 is 21.8 Å². The molecule has 0 bridgehead atoms. The second-order valence-electron chi connectivity index (χ2n) is 9.42. The summed E-state index contributed by atoms with van der Waals surface area (Å²) >= 11 is 0. The molecule has 0 unspecified atom stereocenters. The minimum atomic E-state index is -3.77.